The number of unbranched alkanes of at least 4 members (excludes halogenated alkanes) is 3. The van der Waals surface area contributed by atoms with E-state index in [1.165, 1.54) is 5.56 Å². The summed E-state index contributed by atoms with van der Waals surface area (Å²) in [7, 11) is 0. The van der Waals surface area contributed by atoms with Gasteiger partial charge in [-0.2, -0.15) is 0 Å². The normalized spacial score (nSPS) is 16.8. The molecule has 1 fully saturated rings. The van der Waals surface area contributed by atoms with Crippen LogP contribution in [0.15, 0.2) is 66.7 Å². The standard InChI is InChI=1S/C28H35NO5/c30-26(23-11-8-12-25(21-23)34-20-18-22-9-4-3-5-10-22)16-14-24-15-17-27(31)29(24)19-7-2-1-6-13-28(32)33/h3-5,8-12,14,16,21,24,26,30H,1-2,6-7,13,15,17-20H2,(H,32,33)/b16-14+/t24?,26-/m1/s1. The summed E-state index contributed by atoms with van der Waals surface area (Å²) in [6.07, 6.45) is 8.52. The molecule has 2 N–H and O–H groups in total. The summed E-state index contributed by atoms with van der Waals surface area (Å²) in [4.78, 5) is 24.8. The lowest BCUT2D eigenvalue weighted by Gasteiger charge is -2.22. The molecule has 1 heterocycles. The zero-order chi connectivity index (χ0) is 24.2. The van der Waals surface area contributed by atoms with Crippen molar-refractivity contribution < 1.29 is 24.5 Å². The Hall–Kier alpha value is -3.12. The summed E-state index contributed by atoms with van der Waals surface area (Å²) in [5, 5.41) is 19.4. The largest absolute Gasteiger partial charge is 0.493 e. The van der Waals surface area contributed by atoms with Crippen LogP contribution in [0.5, 0.6) is 5.75 Å². The first-order chi connectivity index (χ1) is 16.5. The highest BCUT2D eigenvalue weighted by Crippen LogP contribution is 2.24. The van der Waals surface area contributed by atoms with Gasteiger partial charge in [0, 0.05) is 25.8 Å². The number of amides is 1. The lowest BCUT2D eigenvalue weighted by atomic mass is 10.1. The number of carboxylic acid groups (broad SMARTS) is 1. The number of carbonyl (C=O) groups excluding carboxylic acids is 1. The highest BCUT2D eigenvalue weighted by molar-refractivity contribution is 5.79. The summed E-state index contributed by atoms with van der Waals surface area (Å²) in [6, 6.07) is 17.7. The third kappa shape index (κ3) is 8.34. The van der Waals surface area contributed by atoms with Gasteiger partial charge < -0.3 is 19.8 Å². The first-order valence-electron chi connectivity index (χ1n) is 12.2. The van der Waals surface area contributed by atoms with Crippen molar-refractivity contribution in [3.63, 3.8) is 0 Å². The number of hydrogen-bond donors (Lipinski definition) is 2. The lowest BCUT2D eigenvalue weighted by Crippen LogP contribution is -2.32. The highest BCUT2D eigenvalue weighted by atomic mass is 16.5. The van der Waals surface area contributed by atoms with Crippen molar-refractivity contribution in [3.8, 4) is 5.75 Å². The second-order valence-corrected chi connectivity index (χ2v) is 8.74. The smallest absolute Gasteiger partial charge is 0.303 e. The fraction of sp³-hybridized carbons (Fsp3) is 0.429. The molecule has 182 valence electrons. The van der Waals surface area contributed by atoms with Crippen LogP contribution in [-0.2, 0) is 16.0 Å². The number of ether oxygens (including phenoxy) is 1. The molecular weight excluding hydrogens is 430 g/mol. The number of carbonyl (C=O) groups is 2. The number of hydrogen-bond acceptors (Lipinski definition) is 4. The molecule has 2 aromatic rings. The number of aliphatic carboxylic acids is 1. The number of likely N-dealkylation sites (tertiary alicyclic amines) is 1. The minimum Gasteiger partial charge on any atom is -0.493 e. The number of nitrogens with zero attached hydrogens (tertiary/aromatic N) is 1. The fourth-order valence-electron chi connectivity index (χ4n) is 4.22. The van der Waals surface area contributed by atoms with Crippen molar-refractivity contribution >= 4 is 11.9 Å². The number of carboxylic acids is 1. The van der Waals surface area contributed by atoms with Crippen LogP contribution >= 0.6 is 0 Å². The van der Waals surface area contributed by atoms with Gasteiger partial charge in [0.05, 0.1) is 18.8 Å². The van der Waals surface area contributed by atoms with Crippen LogP contribution in [0.4, 0.5) is 0 Å². The topological polar surface area (TPSA) is 87.1 Å². The molecular formula is C28H35NO5. The molecule has 1 aliphatic heterocycles. The number of aliphatic hydroxyl groups is 1. The maximum Gasteiger partial charge on any atom is 0.303 e. The zero-order valence-electron chi connectivity index (χ0n) is 19.6. The van der Waals surface area contributed by atoms with Crippen LogP contribution in [0, 0.1) is 0 Å². The maximum absolute atomic E-state index is 12.3. The van der Waals surface area contributed by atoms with Gasteiger partial charge in [0.1, 0.15) is 5.75 Å². The molecule has 2 aromatic carbocycles. The van der Waals surface area contributed by atoms with Gasteiger partial charge in [-0.15, -0.1) is 0 Å². The Bertz CT molecular complexity index is 943. The Balaban J connectivity index is 1.46. The molecule has 1 saturated heterocycles. The molecule has 1 amide bonds. The summed E-state index contributed by atoms with van der Waals surface area (Å²) in [6.45, 7) is 1.23. The molecule has 0 spiro atoms. The van der Waals surface area contributed by atoms with Gasteiger partial charge in [-0.1, -0.05) is 67.5 Å². The number of rotatable bonds is 14. The van der Waals surface area contributed by atoms with Crippen LogP contribution in [-0.4, -0.2) is 46.2 Å². The van der Waals surface area contributed by atoms with Crippen LogP contribution < -0.4 is 4.74 Å². The monoisotopic (exact) mass is 465 g/mol. The Labute approximate surface area is 201 Å². The van der Waals surface area contributed by atoms with Crippen molar-refractivity contribution in [2.24, 2.45) is 0 Å². The SMILES string of the molecule is O=C(O)CCCCCCN1C(=O)CCC1/C=C/[C@@H](O)c1cccc(OCCc2ccccc2)c1. The average molecular weight is 466 g/mol. The molecule has 3 rings (SSSR count). The lowest BCUT2D eigenvalue weighted by molar-refractivity contribution is -0.137. The van der Waals surface area contributed by atoms with E-state index in [1.807, 2.05) is 53.4 Å². The van der Waals surface area contributed by atoms with Crippen molar-refractivity contribution in [1.82, 2.24) is 4.90 Å². The van der Waals surface area contributed by atoms with Crippen molar-refractivity contribution in [1.29, 1.82) is 0 Å². The molecule has 2 atom stereocenters. The van der Waals surface area contributed by atoms with Gasteiger partial charge in [0.2, 0.25) is 5.91 Å². The molecule has 6 heteroatoms. The van der Waals surface area contributed by atoms with E-state index in [4.69, 9.17) is 9.84 Å². The number of benzene rings is 2. The summed E-state index contributed by atoms with van der Waals surface area (Å²) in [5.41, 5.74) is 1.97. The molecule has 34 heavy (non-hydrogen) atoms. The molecule has 1 unspecified atom stereocenters. The third-order valence-electron chi connectivity index (χ3n) is 6.13. The zero-order valence-corrected chi connectivity index (χ0v) is 19.6. The van der Waals surface area contributed by atoms with E-state index in [2.05, 4.69) is 12.1 Å². The molecule has 0 saturated carbocycles. The van der Waals surface area contributed by atoms with E-state index in [9.17, 15) is 14.7 Å². The Morgan fingerprint density at radius 3 is 2.68 bits per heavy atom. The minimum absolute atomic E-state index is 0.00789. The second-order valence-electron chi connectivity index (χ2n) is 8.74. The van der Waals surface area contributed by atoms with Crippen molar-refractivity contribution in [2.75, 3.05) is 13.2 Å². The molecule has 0 aromatic heterocycles. The first kappa shape index (κ1) is 25.5. The average Bonchev–Trinajstić information content (AvgIpc) is 3.19. The minimum atomic E-state index is -0.772. The van der Waals surface area contributed by atoms with Gasteiger partial charge in [-0.3, -0.25) is 9.59 Å². The van der Waals surface area contributed by atoms with Gasteiger partial charge in [0.25, 0.3) is 0 Å². The van der Waals surface area contributed by atoms with Crippen LogP contribution in [0.3, 0.4) is 0 Å². The van der Waals surface area contributed by atoms with Gasteiger partial charge in [-0.25, -0.2) is 0 Å². The van der Waals surface area contributed by atoms with Crippen LogP contribution in [0.1, 0.15) is 62.2 Å². The summed E-state index contributed by atoms with van der Waals surface area (Å²) < 4.78 is 5.87. The fourth-order valence-corrected chi connectivity index (χ4v) is 4.22. The van der Waals surface area contributed by atoms with Crippen molar-refractivity contribution in [3.05, 3.63) is 77.9 Å². The Kier molecular flexibility index (Phi) is 10.2. The van der Waals surface area contributed by atoms with E-state index >= 15 is 0 Å². The van der Waals surface area contributed by atoms with Gasteiger partial charge in [-0.05, 0) is 42.5 Å². The van der Waals surface area contributed by atoms with E-state index in [1.54, 1.807) is 6.08 Å². The van der Waals surface area contributed by atoms with Gasteiger partial charge >= 0.3 is 5.97 Å². The molecule has 0 aliphatic carbocycles. The highest BCUT2D eigenvalue weighted by Gasteiger charge is 2.28. The Morgan fingerprint density at radius 2 is 1.88 bits per heavy atom. The number of aliphatic hydroxyl groups excluding tert-OH is 1. The van der Waals surface area contributed by atoms with E-state index in [0.29, 0.717) is 26.0 Å². The summed E-state index contributed by atoms with van der Waals surface area (Å²) in [5.74, 6) is 0.104. The molecule has 0 radical (unpaired) electrons. The first-order valence-corrected chi connectivity index (χ1v) is 12.2. The molecule has 1 aliphatic rings. The van der Waals surface area contributed by atoms with E-state index in [-0.39, 0.29) is 18.4 Å². The Morgan fingerprint density at radius 1 is 1.09 bits per heavy atom. The molecule has 0 bridgehead atoms. The summed E-state index contributed by atoms with van der Waals surface area (Å²) >= 11 is 0. The predicted octanol–water partition coefficient (Wildman–Crippen LogP) is 4.92. The maximum atomic E-state index is 12.3. The van der Waals surface area contributed by atoms with Crippen molar-refractivity contribution in [2.45, 2.75) is 63.5 Å². The predicted molar refractivity (Wildman–Crippen MR) is 132 cm³/mol. The van der Waals surface area contributed by atoms with Crippen LogP contribution in [0.25, 0.3) is 0 Å². The van der Waals surface area contributed by atoms with E-state index < -0.39 is 12.1 Å². The third-order valence-corrected chi connectivity index (χ3v) is 6.13. The van der Waals surface area contributed by atoms with Crippen LogP contribution in [0.2, 0.25) is 0 Å². The van der Waals surface area contributed by atoms with Gasteiger partial charge in [0.15, 0.2) is 0 Å². The second kappa shape index (κ2) is 13.6. The molecule has 6 nitrogen and oxygen atoms in total. The quantitative estimate of drug-likeness (QED) is 0.305. The van der Waals surface area contributed by atoms with E-state index in [0.717, 1.165) is 43.4 Å².